The van der Waals surface area contributed by atoms with Gasteiger partial charge in [0.05, 0.1) is 0 Å². The van der Waals surface area contributed by atoms with E-state index < -0.39 is 0 Å². The highest BCUT2D eigenvalue weighted by atomic mass is 32.2. The maximum absolute atomic E-state index is 10.5. The average molecular weight is 161 g/mol. The molecule has 0 fully saturated rings. The van der Waals surface area contributed by atoms with Gasteiger partial charge in [0.15, 0.2) is 0 Å². The van der Waals surface area contributed by atoms with Crippen LogP contribution in [0.1, 0.15) is 20.3 Å². The van der Waals surface area contributed by atoms with Crippen molar-refractivity contribution in [3.8, 4) is 0 Å². The molecule has 0 saturated heterocycles. The van der Waals surface area contributed by atoms with Crippen LogP contribution in [0.15, 0.2) is 5.16 Å². The first kappa shape index (κ1) is 9.49. The van der Waals surface area contributed by atoms with Gasteiger partial charge in [0.25, 0.3) is 0 Å². The molecule has 4 heteroatoms. The van der Waals surface area contributed by atoms with Crippen molar-refractivity contribution >= 4 is 22.8 Å². The van der Waals surface area contributed by atoms with Crippen LogP contribution in [0.4, 0.5) is 0 Å². The Bertz CT molecular complexity index is 145. The molecule has 0 atom stereocenters. The molecular weight excluding hydrogens is 150 g/mol. The van der Waals surface area contributed by atoms with Crippen LogP contribution in [0.25, 0.3) is 0 Å². The van der Waals surface area contributed by atoms with Crippen molar-refractivity contribution in [3.63, 3.8) is 0 Å². The molecule has 0 aromatic rings. The predicted molar refractivity (Wildman–Crippen MR) is 43.0 cm³/mol. The molecule has 0 aromatic carbocycles. The van der Waals surface area contributed by atoms with E-state index in [4.69, 9.17) is 0 Å². The Labute approximate surface area is 64.8 Å². The molecule has 0 saturated carbocycles. The quantitative estimate of drug-likeness (QED) is 0.267. The van der Waals surface area contributed by atoms with Crippen molar-refractivity contribution in [1.29, 1.82) is 0 Å². The van der Waals surface area contributed by atoms with Crippen LogP contribution < -0.4 is 0 Å². The van der Waals surface area contributed by atoms with Gasteiger partial charge in [-0.1, -0.05) is 12.1 Å². The lowest BCUT2D eigenvalue weighted by Crippen LogP contribution is -1.97. The Morgan fingerprint density at radius 1 is 1.70 bits per heavy atom. The number of rotatable bonds is 2. The van der Waals surface area contributed by atoms with Gasteiger partial charge in [-0.05, 0) is 13.2 Å². The van der Waals surface area contributed by atoms with Crippen molar-refractivity contribution in [2.75, 3.05) is 6.26 Å². The highest BCUT2D eigenvalue weighted by Crippen LogP contribution is 1.97. The maximum Gasteiger partial charge on any atom is 0.334 e. The molecular formula is C6H11NO2S. The van der Waals surface area contributed by atoms with E-state index in [1.807, 2.05) is 6.26 Å². The van der Waals surface area contributed by atoms with Gasteiger partial charge < -0.3 is 4.84 Å². The molecule has 0 rings (SSSR count). The standard InChI is InChI=1S/C6H11NO2S/c1-4-6(8)9-7-5(2)10-3/h4H2,1-3H3. The van der Waals surface area contributed by atoms with Crippen LogP contribution in [0.2, 0.25) is 0 Å². The molecule has 0 aliphatic rings. The molecule has 0 unspecified atom stereocenters. The van der Waals surface area contributed by atoms with E-state index in [0.717, 1.165) is 5.04 Å². The highest BCUT2D eigenvalue weighted by Gasteiger charge is 1.95. The Balaban J connectivity index is 3.61. The normalized spacial score (nSPS) is 11.3. The van der Waals surface area contributed by atoms with Crippen molar-refractivity contribution in [3.05, 3.63) is 0 Å². The molecule has 0 heterocycles. The molecule has 10 heavy (non-hydrogen) atoms. The Hall–Kier alpha value is -0.510. The molecule has 58 valence electrons. The second kappa shape index (κ2) is 5.29. The summed E-state index contributed by atoms with van der Waals surface area (Å²) in [7, 11) is 0. The van der Waals surface area contributed by atoms with Crippen LogP contribution in [-0.2, 0) is 9.63 Å². The Morgan fingerprint density at radius 3 is 2.70 bits per heavy atom. The first-order valence-corrected chi connectivity index (χ1v) is 4.21. The van der Waals surface area contributed by atoms with Crippen LogP contribution in [0.3, 0.4) is 0 Å². The van der Waals surface area contributed by atoms with Crippen LogP contribution in [-0.4, -0.2) is 17.3 Å². The zero-order valence-electron chi connectivity index (χ0n) is 6.38. The number of nitrogens with zero attached hydrogens (tertiary/aromatic N) is 1. The first-order chi connectivity index (χ1) is 4.70. The lowest BCUT2D eigenvalue weighted by atomic mass is 10.5. The third kappa shape index (κ3) is 4.38. The summed E-state index contributed by atoms with van der Waals surface area (Å²) in [6, 6.07) is 0. The summed E-state index contributed by atoms with van der Waals surface area (Å²) >= 11 is 1.45. The fourth-order valence-corrected chi connectivity index (χ4v) is 0.329. The molecule has 0 N–H and O–H groups in total. The van der Waals surface area contributed by atoms with E-state index >= 15 is 0 Å². The van der Waals surface area contributed by atoms with Crippen molar-refractivity contribution < 1.29 is 9.63 Å². The molecule has 0 amide bonds. The largest absolute Gasteiger partial charge is 0.334 e. The summed E-state index contributed by atoms with van der Waals surface area (Å²) in [4.78, 5) is 15.0. The molecule has 0 aliphatic heterocycles. The summed E-state index contributed by atoms with van der Waals surface area (Å²) in [5, 5.41) is 4.30. The van der Waals surface area contributed by atoms with Crippen LogP contribution >= 0.6 is 11.8 Å². The maximum atomic E-state index is 10.5. The lowest BCUT2D eigenvalue weighted by Gasteiger charge is -1.93. The van der Waals surface area contributed by atoms with E-state index in [1.165, 1.54) is 11.8 Å². The molecule has 0 bridgehead atoms. The number of hydrogen-bond donors (Lipinski definition) is 0. The number of thioether (sulfide) groups is 1. The summed E-state index contributed by atoms with van der Waals surface area (Å²) < 4.78 is 0. The molecule has 0 aromatic heterocycles. The van der Waals surface area contributed by atoms with Gasteiger partial charge >= 0.3 is 5.97 Å². The fraction of sp³-hybridized carbons (Fsp3) is 0.667. The zero-order chi connectivity index (χ0) is 7.98. The number of carbonyl (C=O) groups is 1. The van der Waals surface area contributed by atoms with E-state index in [1.54, 1.807) is 13.8 Å². The molecule has 0 aliphatic carbocycles. The first-order valence-electron chi connectivity index (χ1n) is 2.99. The zero-order valence-corrected chi connectivity index (χ0v) is 7.20. The summed E-state index contributed by atoms with van der Waals surface area (Å²) in [5.41, 5.74) is 0. The van der Waals surface area contributed by atoms with Gasteiger partial charge in [-0.3, -0.25) is 0 Å². The predicted octanol–water partition coefficient (Wildman–Crippen LogP) is 1.64. The van der Waals surface area contributed by atoms with E-state index in [2.05, 4.69) is 9.99 Å². The van der Waals surface area contributed by atoms with E-state index in [-0.39, 0.29) is 5.97 Å². The summed E-state index contributed by atoms with van der Waals surface area (Å²) in [5.74, 6) is -0.298. The summed E-state index contributed by atoms with van der Waals surface area (Å²) in [6.07, 6.45) is 2.24. The smallest absolute Gasteiger partial charge is 0.318 e. The third-order valence-electron chi connectivity index (χ3n) is 0.860. The second-order valence-electron chi connectivity index (χ2n) is 1.63. The minimum atomic E-state index is -0.298. The van der Waals surface area contributed by atoms with Gasteiger partial charge in [0.1, 0.15) is 5.04 Å². The summed E-state index contributed by atoms with van der Waals surface area (Å²) in [6.45, 7) is 3.51. The van der Waals surface area contributed by atoms with Crippen LogP contribution in [0, 0.1) is 0 Å². The Kier molecular flexibility index (Phi) is 5.02. The minimum Gasteiger partial charge on any atom is -0.318 e. The van der Waals surface area contributed by atoms with Gasteiger partial charge in [0.2, 0.25) is 0 Å². The van der Waals surface area contributed by atoms with Crippen molar-refractivity contribution in [2.45, 2.75) is 20.3 Å². The monoisotopic (exact) mass is 161 g/mol. The lowest BCUT2D eigenvalue weighted by molar-refractivity contribution is -0.143. The highest BCUT2D eigenvalue weighted by molar-refractivity contribution is 8.13. The van der Waals surface area contributed by atoms with Crippen molar-refractivity contribution in [2.24, 2.45) is 5.16 Å². The van der Waals surface area contributed by atoms with E-state index in [0.29, 0.717) is 6.42 Å². The SMILES string of the molecule is CCC(=O)ON=C(C)SC. The third-order valence-corrected chi connectivity index (χ3v) is 1.53. The van der Waals surface area contributed by atoms with E-state index in [9.17, 15) is 4.79 Å². The second-order valence-corrected chi connectivity index (χ2v) is 2.63. The number of carbonyl (C=O) groups excluding carboxylic acids is 1. The number of hydrogen-bond acceptors (Lipinski definition) is 4. The van der Waals surface area contributed by atoms with Crippen molar-refractivity contribution in [1.82, 2.24) is 0 Å². The molecule has 0 spiro atoms. The minimum absolute atomic E-state index is 0.298. The topological polar surface area (TPSA) is 38.7 Å². The average Bonchev–Trinajstić information content (AvgIpc) is 1.99. The van der Waals surface area contributed by atoms with Gasteiger partial charge in [-0.2, -0.15) is 0 Å². The molecule has 3 nitrogen and oxygen atoms in total. The Morgan fingerprint density at radius 2 is 2.30 bits per heavy atom. The number of oxime groups is 1. The van der Waals surface area contributed by atoms with Gasteiger partial charge in [-0.15, -0.1) is 11.8 Å². The molecule has 0 radical (unpaired) electrons. The van der Waals surface area contributed by atoms with Crippen LogP contribution in [0.5, 0.6) is 0 Å². The van der Waals surface area contributed by atoms with Gasteiger partial charge in [0, 0.05) is 6.42 Å². The van der Waals surface area contributed by atoms with Gasteiger partial charge in [-0.25, -0.2) is 4.79 Å². The fourth-order valence-electron chi connectivity index (χ4n) is 0.217.